The van der Waals surface area contributed by atoms with Crippen molar-refractivity contribution in [2.45, 2.75) is 27.2 Å². The first-order valence-corrected chi connectivity index (χ1v) is 7.93. The van der Waals surface area contributed by atoms with Crippen LogP contribution in [0.2, 0.25) is 5.02 Å². The van der Waals surface area contributed by atoms with Crippen LogP contribution in [-0.2, 0) is 6.42 Å². The first-order chi connectivity index (χ1) is 11.0. The molecule has 2 aromatic carbocycles. The molecule has 0 amide bonds. The van der Waals surface area contributed by atoms with Gasteiger partial charge < -0.3 is 9.84 Å². The maximum Gasteiger partial charge on any atom is 0.131 e. The fourth-order valence-electron chi connectivity index (χ4n) is 2.61. The van der Waals surface area contributed by atoms with Crippen molar-refractivity contribution in [3.05, 3.63) is 58.2 Å². The van der Waals surface area contributed by atoms with Gasteiger partial charge in [-0.1, -0.05) is 18.5 Å². The summed E-state index contributed by atoms with van der Waals surface area (Å²) in [5.74, 6) is 1.67. The van der Waals surface area contributed by atoms with Crippen molar-refractivity contribution in [1.29, 1.82) is 0 Å². The molecule has 0 fully saturated rings. The summed E-state index contributed by atoms with van der Waals surface area (Å²) in [4.78, 5) is 4.64. The molecule has 1 heterocycles. The van der Waals surface area contributed by atoms with Crippen molar-refractivity contribution in [3.8, 4) is 17.2 Å². The highest BCUT2D eigenvalue weighted by molar-refractivity contribution is 6.30. The molecular formula is C19H18ClNO2. The van der Waals surface area contributed by atoms with E-state index in [1.54, 1.807) is 12.1 Å². The third kappa shape index (κ3) is 2.97. The van der Waals surface area contributed by atoms with Crippen molar-refractivity contribution in [2.75, 3.05) is 0 Å². The van der Waals surface area contributed by atoms with E-state index in [1.807, 2.05) is 45.0 Å². The Morgan fingerprint density at radius 3 is 2.48 bits per heavy atom. The average molecular weight is 328 g/mol. The van der Waals surface area contributed by atoms with E-state index in [0.29, 0.717) is 21.9 Å². The van der Waals surface area contributed by atoms with E-state index >= 15 is 0 Å². The highest BCUT2D eigenvalue weighted by Crippen LogP contribution is 2.35. The van der Waals surface area contributed by atoms with E-state index < -0.39 is 0 Å². The van der Waals surface area contributed by atoms with Gasteiger partial charge >= 0.3 is 0 Å². The van der Waals surface area contributed by atoms with Crippen molar-refractivity contribution in [2.24, 2.45) is 0 Å². The number of rotatable bonds is 3. The molecule has 0 radical (unpaired) electrons. The number of hydrogen-bond donors (Lipinski definition) is 1. The lowest BCUT2D eigenvalue weighted by atomic mass is 10.0. The molecule has 118 valence electrons. The molecular weight excluding hydrogens is 310 g/mol. The summed E-state index contributed by atoms with van der Waals surface area (Å²) in [6, 6.07) is 11.0. The van der Waals surface area contributed by atoms with Crippen LogP contribution in [0.4, 0.5) is 0 Å². The third-order valence-corrected chi connectivity index (χ3v) is 4.22. The average Bonchev–Trinajstić information content (AvgIpc) is 2.54. The quantitative estimate of drug-likeness (QED) is 0.684. The van der Waals surface area contributed by atoms with Gasteiger partial charge in [-0.15, -0.1) is 0 Å². The van der Waals surface area contributed by atoms with Gasteiger partial charge in [-0.25, -0.2) is 0 Å². The van der Waals surface area contributed by atoms with Gasteiger partial charge in [-0.2, -0.15) is 0 Å². The number of aromatic nitrogens is 1. The van der Waals surface area contributed by atoms with Gasteiger partial charge in [0.15, 0.2) is 0 Å². The maximum absolute atomic E-state index is 10.5. The van der Waals surface area contributed by atoms with E-state index in [1.165, 1.54) is 0 Å². The summed E-state index contributed by atoms with van der Waals surface area (Å²) in [6.45, 7) is 5.89. The Balaban J connectivity index is 2.10. The minimum absolute atomic E-state index is 0.271. The van der Waals surface area contributed by atoms with Crippen LogP contribution in [0.3, 0.4) is 0 Å². The molecule has 0 saturated carbocycles. The van der Waals surface area contributed by atoms with Gasteiger partial charge in [-0.05, 0) is 62.2 Å². The second-order valence-corrected chi connectivity index (χ2v) is 6.01. The fourth-order valence-corrected chi connectivity index (χ4v) is 2.73. The lowest BCUT2D eigenvalue weighted by molar-refractivity contribution is 0.471. The van der Waals surface area contributed by atoms with Gasteiger partial charge in [0.2, 0.25) is 0 Å². The van der Waals surface area contributed by atoms with Crippen LogP contribution < -0.4 is 4.74 Å². The zero-order chi connectivity index (χ0) is 16.6. The minimum Gasteiger partial charge on any atom is -0.507 e. The summed E-state index contributed by atoms with van der Waals surface area (Å²) >= 11 is 5.89. The predicted molar refractivity (Wildman–Crippen MR) is 93.8 cm³/mol. The van der Waals surface area contributed by atoms with Crippen LogP contribution in [0.25, 0.3) is 10.9 Å². The van der Waals surface area contributed by atoms with Crippen molar-refractivity contribution >= 4 is 22.5 Å². The molecule has 0 unspecified atom stereocenters. The Bertz CT molecular complexity index is 873. The van der Waals surface area contributed by atoms with Crippen molar-refractivity contribution < 1.29 is 9.84 Å². The molecule has 1 N–H and O–H groups in total. The molecule has 3 aromatic rings. The van der Waals surface area contributed by atoms with Crippen molar-refractivity contribution in [1.82, 2.24) is 4.98 Å². The van der Waals surface area contributed by atoms with Crippen LogP contribution in [0.1, 0.15) is 23.7 Å². The Labute approximate surface area is 140 Å². The second-order valence-electron chi connectivity index (χ2n) is 5.58. The molecule has 0 spiro atoms. The van der Waals surface area contributed by atoms with Gasteiger partial charge in [0.25, 0.3) is 0 Å². The SMILES string of the molecule is CCc1nc2cc(C)c(Oc3ccc(Cl)cc3)cc2c(O)c1C. The molecule has 0 aliphatic carbocycles. The second kappa shape index (κ2) is 6.09. The fraction of sp³-hybridized carbons (Fsp3) is 0.211. The van der Waals surface area contributed by atoms with Crippen LogP contribution in [0.15, 0.2) is 36.4 Å². The van der Waals surface area contributed by atoms with Gasteiger partial charge in [0.1, 0.15) is 17.2 Å². The number of halogens is 1. The predicted octanol–water partition coefficient (Wildman–Crippen LogP) is 5.57. The summed E-state index contributed by atoms with van der Waals surface area (Å²) < 4.78 is 5.93. The molecule has 0 bridgehead atoms. The van der Waals surface area contributed by atoms with E-state index in [4.69, 9.17) is 16.3 Å². The van der Waals surface area contributed by atoms with Crippen LogP contribution in [0.5, 0.6) is 17.2 Å². The molecule has 23 heavy (non-hydrogen) atoms. The van der Waals surface area contributed by atoms with E-state index in [0.717, 1.165) is 28.8 Å². The lowest BCUT2D eigenvalue weighted by Crippen LogP contribution is -1.96. The lowest BCUT2D eigenvalue weighted by Gasteiger charge is -2.13. The molecule has 1 aromatic heterocycles. The molecule has 0 aliphatic heterocycles. The number of aryl methyl sites for hydroxylation is 2. The van der Waals surface area contributed by atoms with Gasteiger partial charge in [-0.3, -0.25) is 4.98 Å². The Hall–Kier alpha value is -2.26. The topological polar surface area (TPSA) is 42.4 Å². The standard InChI is InChI=1S/C19H18ClNO2/c1-4-16-12(3)19(22)15-10-18(11(2)9-17(15)21-16)23-14-7-5-13(20)6-8-14/h5-10H,4H2,1-3H3,(H,21,22). The van der Waals surface area contributed by atoms with E-state index in [2.05, 4.69) is 4.98 Å². The number of fused-ring (bicyclic) bond motifs is 1. The van der Waals surface area contributed by atoms with Gasteiger partial charge in [0.05, 0.1) is 5.52 Å². The largest absolute Gasteiger partial charge is 0.507 e. The highest BCUT2D eigenvalue weighted by Gasteiger charge is 2.13. The maximum atomic E-state index is 10.5. The monoisotopic (exact) mass is 327 g/mol. The van der Waals surface area contributed by atoms with Crippen LogP contribution in [0, 0.1) is 13.8 Å². The van der Waals surface area contributed by atoms with Crippen LogP contribution in [-0.4, -0.2) is 10.1 Å². The van der Waals surface area contributed by atoms with Crippen molar-refractivity contribution in [3.63, 3.8) is 0 Å². The Kier molecular flexibility index (Phi) is 4.14. The first kappa shape index (κ1) is 15.6. The van der Waals surface area contributed by atoms with Crippen LogP contribution >= 0.6 is 11.6 Å². The number of benzene rings is 2. The number of pyridine rings is 1. The van der Waals surface area contributed by atoms with E-state index in [-0.39, 0.29) is 5.75 Å². The molecule has 0 saturated heterocycles. The first-order valence-electron chi connectivity index (χ1n) is 7.55. The van der Waals surface area contributed by atoms with E-state index in [9.17, 15) is 5.11 Å². The Morgan fingerprint density at radius 1 is 1.13 bits per heavy atom. The number of aromatic hydroxyl groups is 1. The zero-order valence-electron chi connectivity index (χ0n) is 13.4. The normalized spacial score (nSPS) is 11.0. The molecule has 0 atom stereocenters. The van der Waals surface area contributed by atoms with Gasteiger partial charge in [0, 0.05) is 21.7 Å². The molecule has 4 heteroatoms. The summed E-state index contributed by atoms with van der Waals surface area (Å²) in [5.41, 5.74) is 3.48. The highest BCUT2D eigenvalue weighted by atomic mass is 35.5. The number of hydrogen-bond acceptors (Lipinski definition) is 3. The summed E-state index contributed by atoms with van der Waals surface area (Å²) in [7, 11) is 0. The summed E-state index contributed by atoms with van der Waals surface area (Å²) in [5, 5.41) is 11.8. The smallest absolute Gasteiger partial charge is 0.131 e. The molecule has 3 nitrogen and oxygen atoms in total. The number of ether oxygens (including phenoxy) is 1. The number of nitrogens with zero attached hydrogens (tertiary/aromatic N) is 1. The third-order valence-electron chi connectivity index (χ3n) is 3.97. The molecule has 0 aliphatic rings. The minimum atomic E-state index is 0.271. The zero-order valence-corrected chi connectivity index (χ0v) is 14.1. The molecule has 3 rings (SSSR count). The summed E-state index contributed by atoms with van der Waals surface area (Å²) in [6.07, 6.45) is 0.789. The Morgan fingerprint density at radius 2 is 1.83 bits per heavy atom.